The maximum atomic E-state index is 11.4. The summed E-state index contributed by atoms with van der Waals surface area (Å²) in [5.41, 5.74) is 0.102. The molecule has 0 aliphatic heterocycles. The fourth-order valence-electron chi connectivity index (χ4n) is 2.47. The normalized spacial score (nSPS) is 34.2. The minimum atomic E-state index is 0.102. The van der Waals surface area contributed by atoms with Crippen LogP contribution in [0.2, 0.25) is 0 Å². The van der Waals surface area contributed by atoms with E-state index in [1.165, 1.54) is 0 Å². The zero-order valence-corrected chi connectivity index (χ0v) is 8.47. The Labute approximate surface area is 79.9 Å². The molecule has 0 aromatic carbocycles. The molecule has 0 aromatic rings. The SMILES string of the molecule is C[C@@H]1CC(=O)C[C@@](C)(CCC#N)C1. The first-order chi connectivity index (χ1) is 6.06. The van der Waals surface area contributed by atoms with Crippen LogP contribution in [0.25, 0.3) is 0 Å². The van der Waals surface area contributed by atoms with Gasteiger partial charge < -0.3 is 0 Å². The lowest BCUT2D eigenvalue weighted by Gasteiger charge is -2.35. The lowest BCUT2D eigenvalue weighted by atomic mass is 9.68. The Morgan fingerprint density at radius 3 is 2.92 bits per heavy atom. The van der Waals surface area contributed by atoms with E-state index in [-0.39, 0.29) is 5.41 Å². The summed E-state index contributed by atoms with van der Waals surface area (Å²) in [6, 6.07) is 2.16. The number of nitrogens with zero attached hydrogens (tertiary/aromatic N) is 1. The molecule has 72 valence electrons. The van der Waals surface area contributed by atoms with E-state index in [0.717, 1.165) is 19.3 Å². The van der Waals surface area contributed by atoms with Gasteiger partial charge >= 0.3 is 0 Å². The molecule has 0 unspecified atom stereocenters. The van der Waals surface area contributed by atoms with E-state index >= 15 is 0 Å². The van der Waals surface area contributed by atoms with Crippen molar-refractivity contribution in [3.63, 3.8) is 0 Å². The van der Waals surface area contributed by atoms with Crippen LogP contribution in [0.5, 0.6) is 0 Å². The van der Waals surface area contributed by atoms with Gasteiger partial charge in [-0.3, -0.25) is 4.79 Å². The van der Waals surface area contributed by atoms with Crippen molar-refractivity contribution in [1.29, 1.82) is 5.26 Å². The number of carbonyl (C=O) groups is 1. The molecule has 1 rings (SSSR count). The number of ketones is 1. The van der Waals surface area contributed by atoms with Crippen molar-refractivity contribution in [2.24, 2.45) is 11.3 Å². The smallest absolute Gasteiger partial charge is 0.133 e. The summed E-state index contributed by atoms with van der Waals surface area (Å²) >= 11 is 0. The van der Waals surface area contributed by atoms with Gasteiger partial charge in [-0.2, -0.15) is 5.26 Å². The van der Waals surface area contributed by atoms with Gasteiger partial charge in [0.1, 0.15) is 5.78 Å². The molecule has 0 heterocycles. The second-order valence-electron chi connectivity index (χ2n) is 4.70. The molecule has 0 aromatic heterocycles. The molecule has 1 saturated carbocycles. The summed E-state index contributed by atoms with van der Waals surface area (Å²) in [6.45, 7) is 4.26. The highest BCUT2D eigenvalue weighted by Gasteiger charge is 2.33. The summed E-state index contributed by atoms with van der Waals surface area (Å²) in [5.74, 6) is 0.879. The minimum Gasteiger partial charge on any atom is -0.300 e. The predicted octanol–water partition coefficient (Wildman–Crippen LogP) is 2.69. The molecule has 0 bridgehead atoms. The monoisotopic (exact) mass is 179 g/mol. The zero-order valence-electron chi connectivity index (χ0n) is 8.47. The molecule has 2 atom stereocenters. The van der Waals surface area contributed by atoms with Crippen LogP contribution in [0.3, 0.4) is 0 Å². The number of hydrogen-bond acceptors (Lipinski definition) is 2. The topological polar surface area (TPSA) is 40.9 Å². The highest BCUT2D eigenvalue weighted by Crippen LogP contribution is 2.40. The van der Waals surface area contributed by atoms with Crippen LogP contribution < -0.4 is 0 Å². The fraction of sp³-hybridized carbons (Fsp3) is 0.818. The first kappa shape index (κ1) is 10.2. The van der Waals surface area contributed by atoms with Gasteiger partial charge in [-0.15, -0.1) is 0 Å². The molecule has 0 amide bonds. The second-order valence-corrected chi connectivity index (χ2v) is 4.70. The van der Waals surface area contributed by atoms with Gasteiger partial charge in [-0.1, -0.05) is 13.8 Å². The fourth-order valence-corrected chi connectivity index (χ4v) is 2.47. The number of Topliss-reactive ketones (excluding diaryl/α,β-unsaturated/α-hetero) is 1. The van der Waals surface area contributed by atoms with Gasteiger partial charge in [0.05, 0.1) is 6.07 Å². The van der Waals surface area contributed by atoms with Gasteiger partial charge in [0.15, 0.2) is 0 Å². The number of hydrogen-bond donors (Lipinski definition) is 0. The molecular formula is C11H17NO. The van der Waals surface area contributed by atoms with Crippen LogP contribution in [0, 0.1) is 22.7 Å². The number of carbonyl (C=O) groups excluding carboxylic acids is 1. The van der Waals surface area contributed by atoms with E-state index in [1.807, 2.05) is 0 Å². The van der Waals surface area contributed by atoms with E-state index in [9.17, 15) is 4.79 Å². The van der Waals surface area contributed by atoms with Crippen molar-refractivity contribution < 1.29 is 4.79 Å². The largest absolute Gasteiger partial charge is 0.300 e. The molecule has 2 heteroatoms. The Kier molecular flexibility index (Phi) is 3.08. The van der Waals surface area contributed by atoms with Crippen molar-refractivity contribution in [3.05, 3.63) is 0 Å². The first-order valence-electron chi connectivity index (χ1n) is 4.94. The van der Waals surface area contributed by atoms with Gasteiger partial charge in [0.2, 0.25) is 0 Å². The maximum Gasteiger partial charge on any atom is 0.133 e. The third-order valence-electron chi connectivity index (χ3n) is 2.88. The maximum absolute atomic E-state index is 11.4. The first-order valence-corrected chi connectivity index (χ1v) is 4.94. The van der Waals surface area contributed by atoms with Gasteiger partial charge in [0, 0.05) is 19.3 Å². The lowest BCUT2D eigenvalue weighted by molar-refractivity contribution is -0.125. The predicted molar refractivity (Wildman–Crippen MR) is 51.0 cm³/mol. The Balaban J connectivity index is 2.56. The Bertz CT molecular complexity index is 241. The Morgan fingerprint density at radius 2 is 2.38 bits per heavy atom. The summed E-state index contributed by atoms with van der Waals surface area (Å²) < 4.78 is 0. The van der Waals surface area contributed by atoms with Crippen LogP contribution in [0.15, 0.2) is 0 Å². The average molecular weight is 179 g/mol. The zero-order chi connectivity index (χ0) is 9.90. The van der Waals surface area contributed by atoms with Gasteiger partial charge in [-0.05, 0) is 24.2 Å². The summed E-state index contributed by atoms with van der Waals surface area (Å²) in [4.78, 5) is 11.4. The molecule has 0 saturated heterocycles. The molecule has 2 nitrogen and oxygen atoms in total. The summed E-state index contributed by atoms with van der Waals surface area (Å²) in [5, 5.41) is 8.51. The lowest BCUT2D eigenvalue weighted by Crippen LogP contribution is -2.30. The molecule has 0 radical (unpaired) electrons. The van der Waals surface area contributed by atoms with E-state index < -0.39 is 0 Å². The molecule has 1 fully saturated rings. The molecule has 1 aliphatic rings. The highest BCUT2D eigenvalue weighted by molar-refractivity contribution is 5.80. The van der Waals surface area contributed by atoms with E-state index in [0.29, 0.717) is 24.5 Å². The van der Waals surface area contributed by atoms with Crippen molar-refractivity contribution in [3.8, 4) is 6.07 Å². The van der Waals surface area contributed by atoms with Crippen molar-refractivity contribution >= 4 is 5.78 Å². The Morgan fingerprint density at radius 1 is 1.69 bits per heavy atom. The minimum absolute atomic E-state index is 0.102. The van der Waals surface area contributed by atoms with Crippen molar-refractivity contribution in [2.75, 3.05) is 0 Å². The second kappa shape index (κ2) is 3.91. The third-order valence-corrected chi connectivity index (χ3v) is 2.88. The van der Waals surface area contributed by atoms with E-state index in [1.54, 1.807) is 0 Å². The molecule has 13 heavy (non-hydrogen) atoms. The van der Waals surface area contributed by atoms with E-state index in [2.05, 4.69) is 19.9 Å². The summed E-state index contributed by atoms with van der Waals surface area (Å²) in [7, 11) is 0. The van der Waals surface area contributed by atoms with Gasteiger partial charge in [0.25, 0.3) is 0 Å². The molecule has 0 N–H and O–H groups in total. The third kappa shape index (κ3) is 2.84. The van der Waals surface area contributed by atoms with Crippen LogP contribution >= 0.6 is 0 Å². The van der Waals surface area contributed by atoms with Crippen LogP contribution in [-0.4, -0.2) is 5.78 Å². The number of nitriles is 1. The van der Waals surface area contributed by atoms with Crippen molar-refractivity contribution in [2.45, 2.75) is 46.0 Å². The quantitative estimate of drug-likeness (QED) is 0.654. The Hall–Kier alpha value is -0.840. The summed E-state index contributed by atoms with van der Waals surface area (Å²) in [6.07, 6.45) is 3.97. The number of rotatable bonds is 2. The van der Waals surface area contributed by atoms with Crippen LogP contribution in [0.4, 0.5) is 0 Å². The van der Waals surface area contributed by atoms with E-state index in [4.69, 9.17) is 5.26 Å². The van der Waals surface area contributed by atoms with Crippen LogP contribution in [0.1, 0.15) is 46.0 Å². The highest BCUT2D eigenvalue weighted by atomic mass is 16.1. The molecular weight excluding hydrogens is 162 g/mol. The molecule has 0 spiro atoms. The van der Waals surface area contributed by atoms with Crippen molar-refractivity contribution in [1.82, 2.24) is 0 Å². The average Bonchev–Trinajstić information content (AvgIpc) is 1.98. The van der Waals surface area contributed by atoms with Gasteiger partial charge in [-0.25, -0.2) is 0 Å². The standard InChI is InChI=1S/C11H17NO/c1-9-6-10(13)8-11(2,7-9)4-3-5-12/h9H,3-4,6-8H2,1-2H3/t9-,11+/m1/s1. The van der Waals surface area contributed by atoms with Crippen LogP contribution in [-0.2, 0) is 4.79 Å². The molecule has 1 aliphatic carbocycles.